The van der Waals surface area contributed by atoms with E-state index in [2.05, 4.69) is 21.0 Å². The summed E-state index contributed by atoms with van der Waals surface area (Å²) in [6.07, 6.45) is 6.97. The molecule has 1 saturated carbocycles. The molecule has 1 aromatic carbocycles. The molecular weight excluding hydrogens is 290 g/mol. The third kappa shape index (κ3) is 2.17. The van der Waals surface area contributed by atoms with Gasteiger partial charge in [-0.2, -0.15) is 5.10 Å². The third-order valence-corrected chi connectivity index (χ3v) is 4.08. The Bertz CT molecular complexity index is 556. The van der Waals surface area contributed by atoms with E-state index in [0.29, 0.717) is 5.92 Å². The normalized spacial score (nSPS) is 16.3. The SMILES string of the molecule is Nc1cn(-c2cccc(Br)c2)nc1C1CCCC1. The Morgan fingerprint density at radius 2 is 2.06 bits per heavy atom. The lowest BCUT2D eigenvalue weighted by Crippen LogP contribution is -1.99. The van der Waals surface area contributed by atoms with Crippen LogP contribution in [0, 0.1) is 0 Å². The van der Waals surface area contributed by atoms with Crippen LogP contribution in [0.2, 0.25) is 0 Å². The molecule has 0 amide bonds. The van der Waals surface area contributed by atoms with Crippen molar-refractivity contribution in [3.8, 4) is 5.69 Å². The minimum atomic E-state index is 0.554. The summed E-state index contributed by atoms with van der Waals surface area (Å²) in [5.41, 5.74) is 9.04. The highest BCUT2D eigenvalue weighted by atomic mass is 79.9. The fourth-order valence-electron chi connectivity index (χ4n) is 2.67. The van der Waals surface area contributed by atoms with Crippen molar-refractivity contribution in [2.24, 2.45) is 0 Å². The van der Waals surface area contributed by atoms with Crippen LogP contribution in [-0.2, 0) is 0 Å². The number of hydrogen-bond donors (Lipinski definition) is 1. The van der Waals surface area contributed by atoms with Crippen molar-refractivity contribution in [1.29, 1.82) is 0 Å². The molecule has 1 aromatic heterocycles. The molecular formula is C14H16BrN3. The van der Waals surface area contributed by atoms with Crippen LogP contribution < -0.4 is 5.73 Å². The molecule has 18 heavy (non-hydrogen) atoms. The average molecular weight is 306 g/mol. The molecule has 3 rings (SSSR count). The van der Waals surface area contributed by atoms with Gasteiger partial charge in [0.25, 0.3) is 0 Å². The van der Waals surface area contributed by atoms with E-state index in [4.69, 9.17) is 5.73 Å². The number of benzene rings is 1. The summed E-state index contributed by atoms with van der Waals surface area (Å²) in [6.45, 7) is 0. The summed E-state index contributed by atoms with van der Waals surface area (Å²) in [4.78, 5) is 0. The van der Waals surface area contributed by atoms with Gasteiger partial charge in [-0.25, -0.2) is 4.68 Å². The van der Waals surface area contributed by atoms with Gasteiger partial charge in [0, 0.05) is 10.4 Å². The molecule has 1 aliphatic carbocycles. The minimum absolute atomic E-state index is 0.554. The van der Waals surface area contributed by atoms with Crippen molar-refractivity contribution in [3.63, 3.8) is 0 Å². The van der Waals surface area contributed by atoms with Crippen LogP contribution in [0.15, 0.2) is 34.9 Å². The van der Waals surface area contributed by atoms with E-state index in [1.165, 1.54) is 25.7 Å². The van der Waals surface area contributed by atoms with E-state index >= 15 is 0 Å². The predicted octanol–water partition coefficient (Wildman–Crippen LogP) is 3.87. The molecule has 0 radical (unpaired) electrons. The summed E-state index contributed by atoms with van der Waals surface area (Å²) < 4.78 is 2.93. The van der Waals surface area contributed by atoms with E-state index in [-0.39, 0.29) is 0 Å². The van der Waals surface area contributed by atoms with Crippen molar-refractivity contribution >= 4 is 21.6 Å². The maximum absolute atomic E-state index is 6.10. The van der Waals surface area contributed by atoms with Crippen molar-refractivity contribution in [3.05, 3.63) is 40.6 Å². The van der Waals surface area contributed by atoms with Crippen molar-refractivity contribution in [2.75, 3.05) is 5.73 Å². The first-order valence-electron chi connectivity index (χ1n) is 6.35. The number of aromatic nitrogens is 2. The molecule has 0 atom stereocenters. The molecule has 0 saturated heterocycles. The fourth-order valence-corrected chi connectivity index (χ4v) is 3.06. The number of rotatable bonds is 2. The van der Waals surface area contributed by atoms with Crippen molar-refractivity contribution in [1.82, 2.24) is 9.78 Å². The number of nitrogens with two attached hydrogens (primary N) is 1. The van der Waals surface area contributed by atoms with E-state index in [0.717, 1.165) is 21.5 Å². The van der Waals surface area contributed by atoms with E-state index in [9.17, 15) is 0 Å². The molecule has 3 nitrogen and oxygen atoms in total. The van der Waals surface area contributed by atoms with Crippen LogP contribution in [0.5, 0.6) is 0 Å². The fraction of sp³-hybridized carbons (Fsp3) is 0.357. The first-order valence-corrected chi connectivity index (χ1v) is 7.14. The van der Waals surface area contributed by atoms with Gasteiger partial charge in [0.2, 0.25) is 0 Å². The summed E-state index contributed by atoms with van der Waals surface area (Å²) in [7, 11) is 0. The van der Waals surface area contributed by atoms with Gasteiger partial charge in [-0.15, -0.1) is 0 Å². The molecule has 0 bridgehead atoms. The Kier molecular flexibility index (Phi) is 3.12. The minimum Gasteiger partial charge on any atom is -0.396 e. The molecule has 2 N–H and O–H groups in total. The van der Waals surface area contributed by atoms with Crippen LogP contribution in [0.3, 0.4) is 0 Å². The van der Waals surface area contributed by atoms with E-state index < -0.39 is 0 Å². The summed E-state index contributed by atoms with van der Waals surface area (Å²) >= 11 is 3.48. The van der Waals surface area contributed by atoms with Crippen LogP contribution in [0.25, 0.3) is 5.69 Å². The van der Waals surface area contributed by atoms with Crippen LogP contribution in [0.1, 0.15) is 37.3 Å². The standard InChI is InChI=1S/C14H16BrN3/c15-11-6-3-7-12(8-11)18-9-13(16)14(17-18)10-4-1-2-5-10/h3,6-10H,1-2,4-5,16H2. The highest BCUT2D eigenvalue weighted by molar-refractivity contribution is 9.10. The Labute approximate surface area is 115 Å². The van der Waals surface area contributed by atoms with Gasteiger partial charge in [-0.05, 0) is 31.0 Å². The Morgan fingerprint density at radius 3 is 2.78 bits per heavy atom. The zero-order chi connectivity index (χ0) is 12.5. The molecule has 0 unspecified atom stereocenters. The Morgan fingerprint density at radius 1 is 1.28 bits per heavy atom. The van der Waals surface area contributed by atoms with Gasteiger partial charge in [-0.1, -0.05) is 34.8 Å². The van der Waals surface area contributed by atoms with E-state index in [1.807, 2.05) is 35.1 Å². The van der Waals surface area contributed by atoms with E-state index in [1.54, 1.807) is 0 Å². The monoisotopic (exact) mass is 305 g/mol. The average Bonchev–Trinajstić information content (AvgIpc) is 2.97. The smallest absolute Gasteiger partial charge is 0.0889 e. The quantitative estimate of drug-likeness (QED) is 0.915. The summed E-state index contributed by atoms with van der Waals surface area (Å²) in [6, 6.07) is 8.10. The summed E-state index contributed by atoms with van der Waals surface area (Å²) in [5, 5.41) is 4.67. The van der Waals surface area contributed by atoms with Crippen molar-refractivity contribution in [2.45, 2.75) is 31.6 Å². The van der Waals surface area contributed by atoms with Gasteiger partial charge in [0.1, 0.15) is 0 Å². The number of hydrogen-bond acceptors (Lipinski definition) is 2. The second-order valence-corrected chi connectivity index (χ2v) is 5.79. The van der Waals surface area contributed by atoms with Crippen LogP contribution >= 0.6 is 15.9 Å². The molecule has 1 aliphatic rings. The topological polar surface area (TPSA) is 43.8 Å². The highest BCUT2D eigenvalue weighted by Crippen LogP contribution is 2.36. The Balaban J connectivity index is 1.96. The molecule has 94 valence electrons. The van der Waals surface area contributed by atoms with Crippen molar-refractivity contribution < 1.29 is 0 Å². The lowest BCUT2D eigenvalue weighted by Gasteiger charge is -2.05. The van der Waals surface area contributed by atoms with Gasteiger partial charge >= 0.3 is 0 Å². The van der Waals surface area contributed by atoms with Gasteiger partial charge in [0.15, 0.2) is 0 Å². The lowest BCUT2D eigenvalue weighted by molar-refractivity contribution is 0.680. The zero-order valence-corrected chi connectivity index (χ0v) is 11.7. The lowest BCUT2D eigenvalue weighted by atomic mass is 10.0. The molecule has 2 aromatic rings. The number of nitrogens with zero attached hydrogens (tertiary/aromatic N) is 2. The van der Waals surface area contributed by atoms with Crippen LogP contribution in [0.4, 0.5) is 5.69 Å². The maximum atomic E-state index is 6.10. The Hall–Kier alpha value is -1.29. The first-order chi connectivity index (χ1) is 8.74. The summed E-state index contributed by atoms with van der Waals surface area (Å²) in [5.74, 6) is 0.554. The van der Waals surface area contributed by atoms with Gasteiger partial charge < -0.3 is 5.73 Å². The number of nitrogen functional groups attached to an aromatic ring is 1. The number of halogens is 1. The first kappa shape index (κ1) is 11.8. The van der Waals surface area contributed by atoms with Gasteiger partial charge in [-0.3, -0.25) is 0 Å². The van der Waals surface area contributed by atoms with Crippen LogP contribution in [-0.4, -0.2) is 9.78 Å². The second kappa shape index (κ2) is 4.76. The largest absolute Gasteiger partial charge is 0.396 e. The second-order valence-electron chi connectivity index (χ2n) is 4.88. The maximum Gasteiger partial charge on any atom is 0.0889 e. The molecule has 1 heterocycles. The molecule has 4 heteroatoms. The number of anilines is 1. The third-order valence-electron chi connectivity index (χ3n) is 3.59. The molecule has 0 aliphatic heterocycles. The molecule has 0 spiro atoms. The molecule has 1 fully saturated rings. The zero-order valence-electron chi connectivity index (χ0n) is 10.1. The van der Waals surface area contributed by atoms with Gasteiger partial charge in [0.05, 0.1) is 23.3 Å². The predicted molar refractivity (Wildman–Crippen MR) is 76.9 cm³/mol. The highest BCUT2D eigenvalue weighted by Gasteiger charge is 2.22.